The summed E-state index contributed by atoms with van der Waals surface area (Å²) in [5.41, 5.74) is 0.743. The smallest absolute Gasteiger partial charge is 0.321 e. The van der Waals surface area contributed by atoms with Gasteiger partial charge in [0.15, 0.2) is 5.92 Å². The van der Waals surface area contributed by atoms with Gasteiger partial charge in [0.1, 0.15) is 6.61 Å². The Hall–Kier alpha value is -3.15. The molecule has 29 heavy (non-hydrogen) atoms. The highest BCUT2D eigenvalue weighted by Crippen LogP contribution is 2.54. The Morgan fingerprint density at radius 1 is 0.897 bits per heavy atom. The molecule has 1 saturated carbocycles. The Morgan fingerprint density at radius 2 is 1.48 bits per heavy atom. The number of carbonyl (C=O) groups excluding carboxylic acids is 3. The number of rotatable bonds is 7. The molecule has 1 unspecified atom stereocenters. The van der Waals surface area contributed by atoms with E-state index in [2.05, 4.69) is 0 Å². The second-order valence-corrected chi connectivity index (χ2v) is 7.20. The van der Waals surface area contributed by atoms with Gasteiger partial charge in [-0.15, -0.1) is 0 Å². The monoisotopic (exact) mass is 396 g/mol. The summed E-state index contributed by atoms with van der Waals surface area (Å²) in [6.07, 6.45) is 0.619. The average molecular weight is 396 g/mol. The number of benzene rings is 2. The van der Waals surface area contributed by atoms with Crippen LogP contribution in [0.15, 0.2) is 60.7 Å². The van der Waals surface area contributed by atoms with Crippen LogP contribution < -0.4 is 0 Å². The first kappa shape index (κ1) is 20.6. The molecule has 152 valence electrons. The fraction of sp³-hybridized carbons (Fsp3) is 0.348. The minimum Gasteiger partial charge on any atom is -0.469 e. The molecular formula is C23H24O6. The van der Waals surface area contributed by atoms with Crippen molar-refractivity contribution in [2.75, 3.05) is 14.2 Å². The van der Waals surface area contributed by atoms with Crippen LogP contribution in [0, 0.1) is 11.8 Å². The third-order valence-corrected chi connectivity index (χ3v) is 5.55. The zero-order valence-electron chi connectivity index (χ0n) is 16.5. The van der Waals surface area contributed by atoms with E-state index in [1.165, 1.54) is 14.2 Å². The maximum Gasteiger partial charge on any atom is 0.321 e. The molecule has 1 fully saturated rings. The molecule has 2 aromatic rings. The van der Waals surface area contributed by atoms with E-state index in [9.17, 15) is 14.4 Å². The van der Waals surface area contributed by atoms with Gasteiger partial charge in [-0.1, -0.05) is 60.7 Å². The fourth-order valence-electron chi connectivity index (χ4n) is 4.04. The van der Waals surface area contributed by atoms with Crippen molar-refractivity contribution in [1.29, 1.82) is 0 Å². The van der Waals surface area contributed by atoms with Gasteiger partial charge in [0, 0.05) is 5.41 Å². The summed E-state index contributed by atoms with van der Waals surface area (Å²) in [7, 11) is 2.58. The topological polar surface area (TPSA) is 78.9 Å². The van der Waals surface area contributed by atoms with Gasteiger partial charge in [0.2, 0.25) is 0 Å². The molecule has 6 heteroatoms. The first-order valence-electron chi connectivity index (χ1n) is 9.43. The first-order chi connectivity index (χ1) is 14.0. The zero-order chi connectivity index (χ0) is 20.9. The van der Waals surface area contributed by atoms with E-state index in [0.717, 1.165) is 11.1 Å². The second-order valence-electron chi connectivity index (χ2n) is 7.20. The maximum atomic E-state index is 13.0. The molecule has 0 spiro atoms. The van der Waals surface area contributed by atoms with Gasteiger partial charge in [-0.3, -0.25) is 14.4 Å². The molecule has 0 aliphatic heterocycles. The molecule has 6 nitrogen and oxygen atoms in total. The van der Waals surface area contributed by atoms with Crippen molar-refractivity contribution in [3.05, 3.63) is 71.8 Å². The van der Waals surface area contributed by atoms with Crippen LogP contribution >= 0.6 is 0 Å². The lowest BCUT2D eigenvalue weighted by molar-refractivity contribution is -0.173. The minimum atomic E-state index is -1.17. The van der Waals surface area contributed by atoms with E-state index >= 15 is 0 Å². The van der Waals surface area contributed by atoms with E-state index in [4.69, 9.17) is 14.2 Å². The molecule has 1 aliphatic rings. The van der Waals surface area contributed by atoms with E-state index < -0.39 is 23.3 Å². The summed E-state index contributed by atoms with van der Waals surface area (Å²) in [6.45, 7) is 0.0540. The molecule has 0 bridgehead atoms. The number of ether oxygens (including phenoxy) is 3. The highest BCUT2D eigenvalue weighted by molar-refractivity contribution is 5.97. The summed E-state index contributed by atoms with van der Waals surface area (Å²) in [4.78, 5) is 37.7. The standard InChI is InChI=1S/C23H24O6/c1-27-20(24)17-13-23(14-17,18-11-7-4-8-12-18)19(21(25)28-2)22(26)29-15-16-9-5-3-6-10-16/h3-12,17,19H,13-15H2,1-2H3. The summed E-state index contributed by atoms with van der Waals surface area (Å²) in [5, 5.41) is 0. The number of esters is 3. The molecule has 2 aromatic carbocycles. The summed E-state index contributed by atoms with van der Waals surface area (Å²) >= 11 is 0. The molecule has 0 aromatic heterocycles. The fourth-order valence-corrected chi connectivity index (χ4v) is 4.04. The highest BCUT2D eigenvalue weighted by Gasteiger charge is 2.59. The Labute approximate surface area is 169 Å². The van der Waals surface area contributed by atoms with Crippen molar-refractivity contribution in [3.8, 4) is 0 Å². The highest BCUT2D eigenvalue weighted by atomic mass is 16.5. The lowest BCUT2D eigenvalue weighted by Gasteiger charge is -2.49. The molecule has 3 rings (SSSR count). The van der Waals surface area contributed by atoms with Crippen molar-refractivity contribution < 1.29 is 28.6 Å². The largest absolute Gasteiger partial charge is 0.469 e. The van der Waals surface area contributed by atoms with Crippen LogP contribution in [0.1, 0.15) is 24.0 Å². The van der Waals surface area contributed by atoms with Crippen molar-refractivity contribution in [2.45, 2.75) is 24.9 Å². The van der Waals surface area contributed by atoms with Crippen LogP contribution in [-0.2, 0) is 40.6 Å². The third kappa shape index (κ3) is 4.16. The Balaban J connectivity index is 1.89. The predicted molar refractivity (Wildman–Crippen MR) is 105 cm³/mol. The van der Waals surface area contributed by atoms with Crippen molar-refractivity contribution >= 4 is 17.9 Å². The number of methoxy groups -OCH3 is 2. The molecule has 0 radical (unpaired) electrons. The van der Waals surface area contributed by atoms with Gasteiger partial charge in [0.25, 0.3) is 0 Å². The molecule has 0 heterocycles. The quantitative estimate of drug-likeness (QED) is 0.407. The molecule has 1 atom stereocenters. The second kappa shape index (κ2) is 8.90. The van der Waals surface area contributed by atoms with Crippen molar-refractivity contribution in [1.82, 2.24) is 0 Å². The van der Waals surface area contributed by atoms with E-state index in [0.29, 0.717) is 12.8 Å². The predicted octanol–water partition coefficient (Wildman–Crippen LogP) is 3.04. The zero-order valence-corrected chi connectivity index (χ0v) is 16.5. The number of hydrogen-bond donors (Lipinski definition) is 0. The summed E-state index contributed by atoms with van der Waals surface area (Å²) in [6, 6.07) is 18.5. The summed E-state index contributed by atoms with van der Waals surface area (Å²) < 4.78 is 15.3. The molecule has 0 N–H and O–H groups in total. The summed E-state index contributed by atoms with van der Waals surface area (Å²) in [5.74, 6) is -3.23. The normalized spacial score (nSPS) is 21.4. The van der Waals surface area contributed by atoms with Gasteiger partial charge >= 0.3 is 17.9 Å². The first-order valence-corrected chi connectivity index (χ1v) is 9.43. The van der Waals surface area contributed by atoms with Crippen LogP contribution in [0.4, 0.5) is 0 Å². The van der Waals surface area contributed by atoms with Crippen molar-refractivity contribution in [2.24, 2.45) is 11.8 Å². The van der Waals surface area contributed by atoms with Crippen LogP contribution in [0.25, 0.3) is 0 Å². The molecule has 0 amide bonds. The third-order valence-electron chi connectivity index (χ3n) is 5.55. The van der Waals surface area contributed by atoms with Gasteiger partial charge in [-0.2, -0.15) is 0 Å². The van der Waals surface area contributed by atoms with Gasteiger partial charge < -0.3 is 14.2 Å². The van der Waals surface area contributed by atoms with Gasteiger partial charge in [-0.05, 0) is 24.0 Å². The minimum absolute atomic E-state index is 0.0540. The van der Waals surface area contributed by atoms with Gasteiger partial charge in [-0.25, -0.2) is 0 Å². The van der Waals surface area contributed by atoms with E-state index in [1.54, 1.807) is 0 Å². The van der Waals surface area contributed by atoms with Crippen LogP contribution in [-0.4, -0.2) is 32.1 Å². The van der Waals surface area contributed by atoms with Gasteiger partial charge in [0.05, 0.1) is 20.1 Å². The Kier molecular flexibility index (Phi) is 6.32. The molecule has 1 aliphatic carbocycles. The number of carbonyl (C=O) groups is 3. The van der Waals surface area contributed by atoms with Crippen LogP contribution in [0.5, 0.6) is 0 Å². The lowest BCUT2D eigenvalue weighted by atomic mass is 9.52. The number of hydrogen-bond acceptors (Lipinski definition) is 6. The van der Waals surface area contributed by atoms with Crippen molar-refractivity contribution in [3.63, 3.8) is 0 Å². The lowest BCUT2D eigenvalue weighted by Crippen LogP contribution is -2.55. The Bertz CT molecular complexity index is 855. The van der Waals surface area contributed by atoms with Crippen LogP contribution in [0.2, 0.25) is 0 Å². The van der Waals surface area contributed by atoms with E-state index in [1.807, 2.05) is 60.7 Å². The Morgan fingerprint density at radius 3 is 2.03 bits per heavy atom. The molecule has 0 saturated heterocycles. The molecular weight excluding hydrogens is 372 g/mol. The van der Waals surface area contributed by atoms with Crippen LogP contribution in [0.3, 0.4) is 0 Å². The SMILES string of the molecule is COC(=O)C1CC(c2ccccc2)(C(C(=O)OC)C(=O)OCc2ccccc2)C1. The van der Waals surface area contributed by atoms with E-state index in [-0.39, 0.29) is 18.5 Å². The maximum absolute atomic E-state index is 13.0. The average Bonchev–Trinajstić information content (AvgIpc) is 2.74.